The Hall–Kier alpha value is -1.47. The maximum absolute atomic E-state index is 12.6. The Bertz CT molecular complexity index is 441. The third-order valence-corrected chi connectivity index (χ3v) is 3.36. The Kier molecular flexibility index (Phi) is 9.14. The van der Waals surface area contributed by atoms with Gasteiger partial charge in [0.15, 0.2) is 6.04 Å². The number of primary amides is 2. The van der Waals surface area contributed by atoms with Crippen LogP contribution in [0.5, 0.6) is 0 Å². The van der Waals surface area contributed by atoms with E-state index in [1.54, 1.807) is 20.8 Å². The lowest BCUT2D eigenvalue weighted by atomic mass is 10.0. The van der Waals surface area contributed by atoms with Gasteiger partial charge in [-0.05, 0) is 26.7 Å². The number of methoxy groups -OCH3 is 1. The first-order valence-electron chi connectivity index (χ1n) is 8.41. The van der Waals surface area contributed by atoms with E-state index in [1.165, 1.54) is 17.7 Å². The molecule has 2 atom stereocenters. The van der Waals surface area contributed by atoms with Crippen LogP contribution in [0.25, 0.3) is 0 Å². The van der Waals surface area contributed by atoms with Gasteiger partial charge in [-0.2, -0.15) is 4.79 Å². The fraction of sp³-hybridized carbons (Fsp3) is 0.824. The predicted molar refractivity (Wildman–Crippen MR) is 89.0 cm³/mol. The average molecular weight is 346 g/mol. The second-order valence-corrected chi connectivity index (χ2v) is 7.80. The molecule has 0 aliphatic carbocycles. The van der Waals surface area contributed by atoms with Gasteiger partial charge in [0.05, 0.1) is 7.11 Å². The zero-order chi connectivity index (χ0) is 19.1. The van der Waals surface area contributed by atoms with E-state index in [9.17, 15) is 14.4 Å². The van der Waals surface area contributed by atoms with Crippen molar-refractivity contribution in [2.75, 3.05) is 7.11 Å². The predicted octanol–water partition coefficient (Wildman–Crippen LogP) is 0.187. The van der Waals surface area contributed by atoms with E-state index >= 15 is 0 Å². The highest BCUT2D eigenvalue weighted by atomic mass is 16.6. The molecule has 0 aromatic heterocycles. The molecule has 0 aromatic rings. The summed E-state index contributed by atoms with van der Waals surface area (Å²) >= 11 is 0. The number of carbonyl (C=O) groups excluding carboxylic acids is 3. The Morgan fingerprint density at radius 2 is 1.54 bits per heavy atom. The minimum atomic E-state index is -0.626. The molecular weight excluding hydrogens is 312 g/mol. The van der Waals surface area contributed by atoms with Gasteiger partial charge < -0.3 is 9.47 Å². The van der Waals surface area contributed by atoms with Crippen molar-refractivity contribution in [1.82, 2.24) is 0 Å². The van der Waals surface area contributed by atoms with Crippen molar-refractivity contribution < 1.29 is 34.5 Å². The Morgan fingerprint density at radius 3 is 1.92 bits per heavy atom. The number of hydrogen-bond acceptors (Lipinski definition) is 5. The minimum absolute atomic E-state index is 0.0846. The summed E-state index contributed by atoms with van der Waals surface area (Å²) in [5.41, 5.74) is -0.617. The van der Waals surface area contributed by atoms with E-state index in [0.29, 0.717) is 6.42 Å². The van der Waals surface area contributed by atoms with Crippen LogP contribution in [0.1, 0.15) is 54.9 Å². The summed E-state index contributed by atoms with van der Waals surface area (Å²) in [7, 11) is 1.31. The highest BCUT2D eigenvalue weighted by Crippen LogP contribution is 2.06. The van der Waals surface area contributed by atoms with Gasteiger partial charge in [-0.3, -0.25) is 5.32 Å². The molecule has 0 heterocycles. The van der Waals surface area contributed by atoms with E-state index in [4.69, 9.17) is 9.47 Å². The number of ether oxygens (including phenoxy) is 2. The second-order valence-electron chi connectivity index (χ2n) is 7.80. The van der Waals surface area contributed by atoms with Crippen molar-refractivity contribution in [2.45, 2.75) is 72.6 Å². The lowest BCUT2D eigenvalue weighted by Crippen LogP contribution is -3.07. The summed E-state index contributed by atoms with van der Waals surface area (Å²) in [5, 5.41) is 2.69. The molecule has 7 heteroatoms. The molecule has 2 amide bonds. The van der Waals surface area contributed by atoms with E-state index in [2.05, 4.69) is 0 Å². The Morgan fingerprint density at radius 1 is 1.00 bits per heavy atom. The van der Waals surface area contributed by atoms with E-state index in [1.807, 2.05) is 27.7 Å². The van der Waals surface area contributed by atoms with Crippen molar-refractivity contribution in [1.29, 1.82) is 0 Å². The van der Waals surface area contributed by atoms with Crippen LogP contribution in [0.3, 0.4) is 0 Å². The van der Waals surface area contributed by atoms with Crippen LogP contribution in [0.2, 0.25) is 0 Å². The number of rotatable bonds is 7. The molecule has 0 rings (SSSR count). The van der Waals surface area contributed by atoms with Crippen LogP contribution in [-0.4, -0.2) is 42.8 Å². The van der Waals surface area contributed by atoms with Crippen LogP contribution < -0.4 is 10.6 Å². The van der Waals surface area contributed by atoms with Crippen molar-refractivity contribution in [3.05, 3.63) is 0 Å². The molecular formula is C17H34N2O5+2. The van der Waals surface area contributed by atoms with Crippen LogP contribution in [-0.2, 0) is 19.1 Å². The normalized spacial score (nSPS) is 14.4. The maximum Gasteiger partial charge on any atom is 0.513 e. The van der Waals surface area contributed by atoms with Gasteiger partial charge in [-0.25, -0.2) is 14.9 Å². The topological polar surface area (TPSA) is 103 Å². The molecule has 0 saturated carbocycles. The summed E-state index contributed by atoms with van der Waals surface area (Å²) in [6.07, 6.45) is -0.00298. The molecule has 0 unspecified atom stereocenters. The lowest BCUT2D eigenvalue weighted by Gasteiger charge is -2.21. The SMILES string of the molecule is COC(=O)[C@H](CC(C)C)[NH2+]C(=O)[C@@H]([NH2+]C(=O)OC(C)(C)C)C(C)C. The molecule has 0 aliphatic rings. The Balaban J connectivity index is 5.00. The van der Waals surface area contributed by atoms with Crippen LogP contribution in [0, 0.1) is 11.8 Å². The molecule has 0 aliphatic heterocycles. The number of esters is 1. The molecule has 0 aromatic carbocycles. The van der Waals surface area contributed by atoms with Crippen molar-refractivity contribution in [3.8, 4) is 0 Å². The van der Waals surface area contributed by atoms with Gasteiger partial charge in [-0.15, -0.1) is 0 Å². The van der Waals surface area contributed by atoms with Crippen molar-refractivity contribution in [3.63, 3.8) is 0 Å². The standard InChI is InChI=1S/C17H32N2O5/c1-10(2)9-12(15(21)23-8)18-14(20)13(11(3)4)19-16(22)24-17(5,6)7/h10-13H,9H2,1-8H3,(H,18,20)(H,19,22)/p+2/t12-,13-/m0/s1. The highest BCUT2D eigenvalue weighted by Gasteiger charge is 2.38. The molecule has 24 heavy (non-hydrogen) atoms. The van der Waals surface area contributed by atoms with Crippen LogP contribution >= 0.6 is 0 Å². The number of quaternary nitrogens is 2. The van der Waals surface area contributed by atoms with Gasteiger partial charge in [0.25, 0.3) is 0 Å². The highest BCUT2D eigenvalue weighted by molar-refractivity contribution is 5.78. The minimum Gasteiger partial charge on any atom is -0.465 e. The summed E-state index contributed by atoms with van der Waals surface area (Å²) in [6.45, 7) is 13.0. The first-order chi connectivity index (χ1) is 10.9. The van der Waals surface area contributed by atoms with Gasteiger partial charge >= 0.3 is 18.0 Å². The lowest BCUT2D eigenvalue weighted by molar-refractivity contribution is -0.655. The smallest absolute Gasteiger partial charge is 0.465 e. The van der Waals surface area contributed by atoms with Crippen LogP contribution in [0.15, 0.2) is 0 Å². The summed E-state index contributed by atoms with van der Waals surface area (Å²) in [6, 6.07) is -1.23. The zero-order valence-corrected chi connectivity index (χ0v) is 16.2. The molecule has 0 spiro atoms. The molecule has 0 fully saturated rings. The first kappa shape index (κ1) is 22.5. The number of amides is 2. The summed E-state index contributed by atoms with van der Waals surface area (Å²) in [5.74, 6) is -0.534. The number of nitrogens with two attached hydrogens (primary N) is 2. The first-order valence-corrected chi connectivity index (χ1v) is 8.41. The van der Waals surface area contributed by atoms with E-state index < -0.39 is 29.7 Å². The van der Waals surface area contributed by atoms with Gasteiger partial charge in [0.1, 0.15) is 5.60 Å². The molecule has 4 N–H and O–H groups in total. The van der Waals surface area contributed by atoms with E-state index in [-0.39, 0.29) is 17.7 Å². The zero-order valence-electron chi connectivity index (χ0n) is 16.2. The summed E-state index contributed by atoms with van der Waals surface area (Å²) < 4.78 is 10.0. The molecule has 0 bridgehead atoms. The molecule has 140 valence electrons. The van der Waals surface area contributed by atoms with Gasteiger partial charge in [0.2, 0.25) is 6.04 Å². The fourth-order valence-corrected chi connectivity index (χ4v) is 2.29. The number of hydrogen-bond donors (Lipinski definition) is 2. The quantitative estimate of drug-likeness (QED) is 0.641. The average Bonchev–Trinajstić information content (AvgIpc) is 2.40. The van der Waals surface area contributed by atoms with Crippen LogP contribution in [0.4, 0.5) is 4.79 Å². The van der Waals surface area contributed by atoms with Gasteiger partial charge in [-0.1, -0.05) is 27.7 Å². The van der Waals surface area contributed by atoms with Crippen molar-refractivity contribution >= 4 is 18.0 Å². The molecule has 7 nitrogen and oxygen atoms in total. The monoisotopic (exact) mass is 346 g/mol. The Labute approximate surface area is 144 Å². The van der Waals surface area contributed by atoms with Crippen molar-refractivity contribution in [2.24, 2.45) is 11.8 Å². The second kappa shape index (κ2) is 9.74. The largest absolute Gasteiger partial charge is 0.513 e. The van der Waals surface area contributed by atoms with Gasteiger partial charge in [0, 0.05) is 12.3 Å². The third kappa shape index (κ3) is 8.98. The fourth-order valence-electron chi connectivity index (χ4n) is 2.29. The summed E-state index contributed by atoms with van der Waals surface area (Å²) in [4.78, 5) is 36.5. The molecule has 0 radical (unpaired) electrons. The number of carbonyl (C=O) groups is 3. The van der Waals surface area contributed by atoms with E-state index in [0.717, 1.165) is 0 Å². The third-order valence-electron chi connectivity index (χ3n) is 3.36. The maximum atomic E-state index is 12.6. The molecule has 0 saturated heterocycles.